The van der Waals surface area contributed by atoms with Crippen molar-refractivity contribution in [2.24, 2.45) is 0 Å². The minimum Gasteiger partial charge on any atom is -0.463 e. The van der Waals surface area contributed by atoms with Gasteiger partial charge in [-0.15, -0.1) is 0 Å². The number of morpholine rings is 1. The summed E-state index contributed by atoms with van der Waals surface area (Å²) >= 11 is 0. The second-order valence-corrected chi connectivity index (χ2v) is 5.86. The van der Waals surface area contributed by atoms with Crippen molar-refractivity contribution < 1.29 is 19.1 Å². The second-order valence-electron chi connectivity index (χ2n) is 5.86. The minimum absolute atomic E-state index is 0.137. The molecule has 2 rings (SSSR count). The fourth-order valence-electron chi connectivity index (χ4n) is 2.80. The summed E-state index contributed by atoms with van der Waals surface area (Å²) < 4.78 is 10.7. The molecule has 0 aromatic carbocycles. The van der Waals surface area contributed by atoms with E-state index in [-0.39, 0.29) is 30.2 Å². The second kappa shape index (κ2) is 7.11. The number of urea groups is 1. The Morgan fingerprint density at radius 2 is 2.14 bits per heavy atom. The average Bonchev–Trinajstić information content (AvgIpc) is 2.42. The summed E-state index contributed by atoms with van der Waals surface area (Å²) in [5.41, 5.74) is 1.11. The van der Waals surface area contributed by atoms with E-state index in [0.717, 1.165) is 6.54 Å². The van der Waals surface area contributed by atoms with Gasteiger partial charge in [0.05, 0.1) is 30.9 Å². The van der Waals surface area contributed by atoms with Gasteiger partial charge in [-0.05, 0) is 27.7 Å². The molecule has 22 heavy (non-hydrogen) atoms. The number of esters is 1. The van der Waals surface area contributed by atoms with Gasteiger partial charge in [-0.2, -0.15) is 0 Å². The van der Waals surface area contributed by atoms with Gasteiger partial charge < -0.3 is 20.1 Å². The molecular formula is C15H25N3O4. The van der Waals surface area contributed by atoms with Gasteiger partial charge in [-0.3, -0.25) is 4.90 Å². The number of rotatable bonds is 4. The van der Waals surface area contributed by atoms with E-state index in [1.54, 1.807) is 13.8 Å². The van der Waals surface area contributed by atoms with Crippen molar-refractivity contribution in [1.82, 2.24) is 15.5 Å². The Morgan fingerprint density at radius 1 is 1.41 bits per heavy atom. The summed E-state index contributed by atoms with van der Waals surface area (Å²) in [7, 11) is 0. The molecule has 7 nitrogen and oxygen atoms in total. The van der Waals surface area contributed by atoms with Crippen molar-refractivity contribution in [1.29, 1.82) is 0 Å². The van der Waals surface area contributed by atoms with E-state index < -0.39 is 0 Å². The molecule has 2 amide bonds. The molecule has 0 spiro atoms. The van der Waals surface area contributed by atoms with E-state index in [2.05, 4.69) is 22.5 Å². The summed E-state index contributed by atoms with van der Waals surface area (Å²) in [5.74, 6) is -0.383. The molecule has 2 heterocycles. The molecule has 3 atom stereocenters. The molecule has 0 aliphatic carbocycles. The van der Waals surface area contributed by atoms with Crippen LogP contribution in [0.25, 0.3) is 0 Å². The number of amides is 2. The Bertz CT molecular complexity index is 477. The maximum atomic E-state index is 12.2. The quantitative estimate of drug-likeness (QED) is 0.744. The van der Waals surface area contributed by atoms with Crippen molar-refractivity contribution in [3.63, 3.8) is 0 Å². The standard InChI is InChI=1S/C15H25N3O4/c1-5-21-14(19)13-11(4)16-15(20)17-12(13)7-18-6-10(3)22-8-9(18)2/h9-11H,5-8H2,1-4H3,(H2,16,17,20). The summed E-state index contributed by atoms with van der Waals surface area (Å²) in [6.45, 7) is 9.86. The number of ether oxygens (including phenoxy) is 2. The minimum atomic E-state index is -0.383. The van der Waals surface area contributed by atoms with Crippen molar-refractivity contribution in [3.05, 3.63) is 11.3 Å². The predicted molar refractivity (Wildman–Crippen MR) is 81.2 cm³/mol. The van der Waals surface area contributed by atoms with Crippen LogP contribution in [0, 0.1) is 0 Å². The lowest BCUT2D eigenvalue weighted by Gasteiger charge is -2.38. The molecule has 2 aliphatic heterocycles. The lowest BCUT2D eigenvalue weighted by molar-refractivity contribution is -0.139. The molecule has 3 unspecified atom stereocenters. The molecule has 0 aromatic heterocycles. The van der Waals surface area contributed by atoms with Crippen LogP contribution in [0.3, 0.4) is 0 Å². The fourth-order valence-corrected chi connectivity index (χ4v) is 2.80. The largest absolute Gasteiger partial charge is 0.463 e. The Labute approximate surface area is 131 Å². The highest BCUT2D eigenvalue weighted by atomic mass is 16.5. The van der Waals surface area contributed by atoms with E-state index in [4.69, 9.17) is 9.47 Å². The van der Waals surface area contributed by atoms with E-state index in [9.17, 15) is 9.59 Å². The first kappa shape index (κ1) is 16.8. The molecule has 1 fully saturated rings. The summed E-state index contributed by atoms with van der Waals surface area (Å²) in [6.07, 6.45) is 0.137. The van der Waals surface area contributed by atoms with Crippen LogP contribution in [0.15, 0.2) is 11.3 Å². The highest BCUT2D eigenvalue weighted by Crippen LogP contribution is 2.18. The van der Waals surface area contributed by atoms with Gasteiger partial charge in [0.15, 0.2) is 0 Å². The Kier molecular flexibility index (Phi) is 5.42. The summed E-state index contributed by atoms with van der Waals surface area (Å²) in [4.78, 5) is 26.2. The van der Waals surface area contributed by atoms with Crippen LogP contribution in [0.4, 0.5) is 4.79 Å². The van der Waals surface area contributed by atoms with Crippen LogP contribution in [-0.2, 0) is 14.3 Å². The lowest BCUT2D eigenvalue weighted by atomic mass is 10.0. The number of carbonyl (C=O) groups is 2. The number of hydrogen-bond donors (Lipinski definition) is 2. The van der Waals surface area contributed by atoms with Crippen molar-refractivity contribution in [2.75, 3.05) is 26.3 Å². The molecular weight excluding hydrogens is 286 g/mol. The maximum absolute atomic E-state index is 12.2. The van der Waals surface area contributed by atoms with Crippen molar-refractivity contribution in [3.8, 4) is 0 Å². The molecule has 0 saturated carbocycles. The van der Waals surface area contributed by atoms with E-state index in [1.165, 1.54) is 0 Å². The SMILES string of the molecule is CCOC(=O)C1=C(CN2CC(C)OCC2C)NC(=O)NC1C. The van der Waals surface area contributed by atoms with Gasteiger partial charge in [-0.1, -0.05) is 0 Å². The van der Waals surface area contributed by atoms with Crippen LogP contribution in [0.1, 0.15) is 27.7 Å². The van der Waals surface area contributed by atoms with Gasteiger partial charge in [-0.25, -0.2) is 9.59 Å². The molecule has 7 heteroatoms. The summed E-state index contributed by atoms with van der Waals surface area (Å²) in [5, 5.41) is 5.47. The zero-order chi connectivity index (χ0) is 16.3. The smallest absolute Gasteiger partial charge is 0.337 e. The number of hydrogen-bond acceptors (Lipinski definition) is 5. The van der Waals surface area contributed by atoms with Crippen LogP contribution >= 0.6 is 0 Å². The first-order chi connectivity index (χ1) is 10.4. The van der Waals surface area contributed by atoms with Crippen LogP contribution in [0.2, 0.25) is 0 Å². The van der Waals surface area contributed by atoms with Gasteiger partial charge in [0.25, 0.3) is 0 Å². The van der Waals surface area contributed by atoms with Crippen molar-refractivity contribution >= 4 is 12.0 Å². The van der Waals surface area contributed by atoms with Crippen LogP contribution in [0.5, 0.6) is 0 Å². The van der Waals surface area contributed by atoms with Gasteiger partial charge in [0.2, 0.25) is 0 Å². The third-order valence-electron chi connectivity index (χ3n) is 3.96. The monoisotopic (exact) mass is 311 g/mol. The Balaban J connectivity index is 2.23. The zero-order valence-electron chi connectivity index (χ0n) is 13.6. The topological polar surface area (TPSA) is 79.9 Å². The van der Waals surface area contributed by atoms with Crippen LogP contribution < -0.4 is 10.6 Å². The molecule has 0 radical (unpaired) electrons. The highest BCUT2D eigenvalue weighted by Gasteiger charge is 2.32. The average molecular weight is 311 g/mol. The highest BCUT2D eigenvalue weighted by molar-refractivity contribution is 5.94. The Morgan fingerprint density at radius 3 is 2.82 bits per heavy atom. The zero-order valence-corrected chi connectivity index (χ0v) is 13.6. The van der Waals surface area contributed by atoms with E-state index in [1.807, 2.05) is 6.92 Å². The number of nitrogens with one attached hydrogen (secondary N) is 2. The maximum Gasteiger partial charge on any atom is 0.337 e. The first-order valence-corrected chi connectivity index (χ1v) is 7.75. The molecule has 0 bridgehead atoms. The normalized spacial score (nSPS) is 29.8. The molecule has 1 saturated heterocycles. The fraction of sp³-hybridized carbons (Fsp3) is 0.733. The predicted octanol–water partition coefficient (Wildman–Crippen LogP) is 0.614. The van der Waals surface area contributed by atoms with Gasteiger partial charge in [0.1, 0.15) is 0 Å². The molecule has 2 aliphatic rings. The van der Waals surface area contributed by atoms with Crippen LogP contribution in [-0.4, -0.2) is 61.4 Å². The number of nitrogens with zero attached hydrogens (tertiary/aromatic N) is 1. The van der Waals surface area contributed by atoms with E-state index in [0.29, 0.717) is 31.0 Å². The molecule has 124 valence electrons. The summed E-state index contributed by atoms with van der Waals surface area (Å²) in [6, 6.07) is -0.421. The lowest BCUT2D eigenvalue weighted by Crippen LogP contribution is -2.54. The molecule has 2 N–H and O–H groups in total. The van der Waals surface area contributed by atoms with E-state index >= 15 is 0 Å². The van der Waals surface area contributed by atoms with Crippen molar-refractivity contribution in [2.45, 2.75) is 45.9 Å². The van der Waals surface area contributed by atoms with Gasteiger partial charge in [0, 0.05) is 24.8 Å². The number of carbonyl (C=O) groups excluding carboxylic acids is 2. The third-order valence-corrected chi connectivity index (χ3v) is 3.96. The Hall–Kier alpha value is -1.60. The third kappa shape index (κ3) is 3.78. The first-order valence-electron chi connectivity index (χ1n) is 7.75. The molecule has 0 aromatic rings. The van der Waals surface area contributed by atoms with Gasteiger partial charge >= 0.3 is 12.0 Å².